The minimum Gasteiger partial charge on any atom is -0.504 e. The molecule has 0 fully saturated rings. The number of nitrogens with one attached hydrogen (secondary N) is 1. The summed E-state index contributed by atoms with van der Waals surface area (Å²) in [5, 5.41) is 41.0. The maximum absolute atomic E-state index is 9.93. The van der Waals surface area contributed by atoms with Crippen molar-refractivity contribution in [2.24, 2.45) is 0 Å². The molecule has 1 aromatic rings. The molecule has 0 bridgehead atoms. The Hall–Kier alpha value is -1.81. The van der Waals surface area contributed by atoms with Gasteiger partial charge in [-0.25, -0.2) is 0 Å². The van der Waals surface area contributed by atoms with Crippen LogP contribution in [0.3, 0.4) is 0 Å². The summed E-state index contributed by atoms with van der Waals surface area (Å²) in [5.41, 5.74) is 0.295. The van der Waals surface area contributed by atoms with Crippen LogP contribution in [0.5, 0.6) is 11.5 Å². The van der Waals surface area contributed by atoms with Crippen LogP contribution in [0.25, 0.3) is 0 Å². The second-order valence-electron chi connectivity index (χ2n) is 3.80. The predicted molar refractivity (Wildman–Crippen MR) is 64.3 cm³/mol. The Morgan fingerprint density at radius 1 is 1.44 bits per heavy atom. The van der Waals surface area contributed by atoms with Crippen molar-refractivity contribution in [2.45, 2.75) is 12.2 Å². The Bertz CT molecular complexity index is 456. The predicted octanol–water partition coefficient (Wildman–Crippen LogP) is -0.114. The first-order chi connectivity index (χ1) is 8.54. The molecule has 0 aliphatic carbocycles. The summed E-state index contributed by atoms with van der Waals surface area (Å²) in [6, 6.07) is 4.57. The van der Waals surface area contributed by atoms with Gasteiger partial charge in [-0.1, -0.05) is 0 Å². The number of phenols is 1. The normalized spacial score (nSPS) is 13.7. The SMILES string of the molecule is CNCC(O)C(O)c1cc(C#N)cc(OC)c1O. The number of likely N-dealkylation sites (N-methyl/N-ethyl adjacent to an activating group) is 1. The highest BCUT2D eigenvalue weighted by molar-refractivity contribution is 5.52. The van der Waals surface area contributed by atoms with E-state index in [-0.39, 0.29) is 29.2 Å². The first kappa shape index (κ1) is 14.3. The maximum Gasteiger partial charge on any atom is 0.163 e. The minimum absolute atomic E-state index is 0.0636. The Labute approximate surface area is 105 Å². The Balaban J connectivity index is 3.18. The summed E-state index contributed by atoms with van der Waals surface area (Å²) < 4.78 is 4.91. The van der Waals surface area contributed by atoms with Gasteiger partial charge in [-0.2, -0.15) is 5.26 Å². The molecule has 0 aliphatic rings. The van der Waals surface area contributed by atoms with Crippen molar-refractivity contribution in [1.82, 2.24) is 5.32 Å². The number of ether oxygens (including phenoxy) is 1. The van der Waals surface area contributed by atoms with E-state index in [1.54, 1.807) is 7.05 Å². The molecule has 0 saturated heterocycles. The van der Waals surface area contributed by atoms with E-state index in [2.05, 4.69) is 5.32 Å². The average Bonchev–Trinajstić information content (AvgIpc) is 2.38. The molecule has 0 saturated carbocycles. The fourth-order valence-electron chi connectivity index (χ4n) is 1.60. The average molecular weight is 252 g/mol. The number of methoxy groups -OCH3 is 1. The third-order valence-electron chi connectivity index (χ3n) is 2.55. The summed E-state index contributed by atoms with van der Waals surface area (Å²) in [6.45, 7) is 0.152. The second-order valence-corrected chi connectivity index (χ2v) is 3.80. The summed E-state index contributed by atoms with van der Waals surface area (Å²) >= 11 is 0. The zero-order valence-electron chi connectivity index (χ0n) is 10.2. The smallest absolute Gasteiger partial charge is 0.163 e. The van der Waals surface area contributed by atoms with Gasteiger partial charge in [0.1, 0.15) is 6.10 Å². The van der Waals surface area contributed by atoms with E-state index < -0.39 is 12.2 Å². The van der Waals surface area contributed by atoms with Crippen LogP contribution < -0.4 is 10.1 Å². The molecule has 0 radical (unpaired) electrons. The molecular weight excluding hydrogens is 236 g/mol. The number of benzene rings is 1. The van der Waals surface area contributed by atoms with Crippen molar-refractivity contribution < 1.29 is 20.1 Å². The van der Waals surface area contributed by atoms with Crippen molar-refractivity contribution in [1.29, 1.82) is 5.26 Å². The zero-order valence-corrected chi connectivity index (χ0v) is 10.2. The number of nitriles is 1. The van der Waals surface area contributed by atoms with E-state index >= 15 is 0 Å². The monoisotopic (exact) mass is 252 g/mol. The fourth-order valence-corrected chi connectivity index (χ4v) is 1.60. The number of aliphatic hydroxyl groups is 2. The van der Waals surface area contributed by atoms with Crippen LogP contribution in [-0.4, -0.2) is 42.1 Å². The lowest BCUT2D eigenvalue weighted by Crippen LogP contribution is -2.29. The molecular formula is C12H16N2O4. The van der Waals surface area contributed by atoms with E-state index in [1.165, 1.54) is 19.2 Å². The van der Waals surface area contributed by atoms with Gasteiger partial charge < -0.3 is 25.4 Å². The standard InChI is InChI=1S/C12H16N2O4/c1-14-6-9(15)11(16)8-3-7(5-13)4-10(18-2)12(8)17/h3-4,9,11,14-17H,6H2,1-2H3. The topological polar surface area (TPSA) is 106 Å². The van der Waals surface area contributed by atoms with Crippen molar-refractivity contribution in [3.05, 3.63) is 23.3 Å². The number of rotatable bonds is 5. The molecule has 6 nitrogen and oxygen atoms in total. The van der Waals surface area contributed by atoms with E-state index in [0.29, 0.717) is 0 Å². The van der Waals surface area contributed by atoms with Gasteiger partial charge in [0.05, 0.1) is 24.8 Å². The van der Waals surface area contributed by atoms with E-state index in [9.17, 15) is 15.3 Å². The highest BCUT2D eigenvalue weighted by Gasteiger charge is 2.23. The van der Waals surface area contributed by atoms with Crippen LogP contribution >= 0.6 is 0 Å². The molecule has 4 N–H and O–H groups in total. The first-order valence-electron chi connectivity index (χ1n) is 5.36. The second kappa shape index (κ2) is 6.21. The van der Waals surface area contributed by atoms with Gasteiger partial charge in [-0.15, -0.1) is 0 Å². The number of hydrogen-bond donors (Lipinski definition) is 4. The van der Waals surface area contributed by atoms with Crippen molar-refractivity contribution in [3.63, 3.8) is 0 Å². The minimum atomic E-state index is -1.31. The summed E-state index contributed by atoms with van der Waals surface area (Å²) in [7, 11) is 2.97. The van der Waals surface area contributed by atoms with Gasteiger partial charge >= 0.3 is 0 Å². The lowest BCUT2D eigenvalue weighted by atomic mass is 10.00. The lowest BCUT2D eigenvalue weighted by Gasteiger charge is -2.20. The number of hydrogen-bond acceptors (Lipinski definition) is 6. The van der Waals surface area contributed by atoms with Crippen LogP contribution in [0.1, 0.15) is 17.2 Å². The molecule has 0 aliphatic heterocycles. The Morgan fingerprint density at radius 3 is 2.61 bits per heavy atom. The molecule has 98 valence electrons. The van der Waals surface area contributed by atoms with Gasteiger partial charge in [-0.05, 0) is 13.1 Å². The van der Waals surface area contributed by atoms with Gasteiger partial charge in [-0.3, -0.25) is 0 Å². The highest BCUT2D eigenvalue weighted by Crippen LogP contribution is 2.36. The molecule has 1 aromatic carbocycles. The van der Waals surface area contributed by atoms with E-state index in [4.69, 9.17) is 10.00 Å². The van der Waals surface area contributed by atoms with E-state index in [0.717, 1.165) is 0 Å². The van der Waals surface area contributed by atoms with Crippen molar-refractivity contribution in [2.75, 3.05) is 20.7 Å². The molecule has 1 rings (SSSR count). The molecule has 18 heavy (non-hydrogen) atoms. The molecule has 0 spiro atoms. The van der Waals surface area contributed by atoms with Crippen LogP contribution in [0.4, 0.5) is 0 Å². The molecule has 2 unspecified atom stereocenters. The van der Waals surface area contributed by atoms with Crippen LogP contribution in [0, 0.1) is 11.3 Å². The third kappa shape index (κ3) is 2.90. The fraction of sp³-hybridized carbons (Fsp3) is 0.417. The van der Waals surface area contributed by atoms with Crippen LogP contribution in [0.15, 0.2) is 12.1 Å². The van der Waals surface area contributed by atoms with E-state index in [1.807, 2.05) is 6.07 Å². The quantitative estimate of drug-likeness (QED) is 0.582. The maximum atomic E-state index is 9.93. The van der Waals surface area contributed by atoms with Crippen LogP contribution in [0.2, 0.25) is 0 Å². The number of aliphatic hydroxyl groups excluding tert-OH is 2. The lowest BCUT2D eigenvalue weighted by molar-refractivity contribution is 0.0187. The summed E-state index contributed by atoms with van der Waals surface area (Å²) in [6.07, 6.45) is -2.40. The number of nitrogens with zero attached hydrogens (tertiary/aromatic N) is 1. The third-order valence-corrected chi connectivity index (χ3v) is 2.55. The molecule has 0 aromatic heterocycles. The molecule has 6 heteroatoms. The molecule has 0 amide bonds. The number of aromatic hydroxyl groups is 1. The van der Waals surface area contributed by atoms with Gasteiger partial charge in [0.15, 0.2) is 11.5 Å². The zero-order chi connectivity index (χ0) is 13.7. The first-order valence-corrected chi connectivity index (χ1v) is 5.36. The van der Waals surface area contributed by atoms with Crippen molar-refractivity contribution in [3.8, 4) is 17.6 Å². The Kier molecular flexibility index (Phi) is 4.92. The van der Waals surface area contributed by atoms with Gasteiger partial charge in [0.25, 0.3) is 0 Å². The Morgan fingerprint density at radius 2 is 2.11 bits per heavy atom. The summed E-state index contributed by atoms with van der Waals surface area (Å²) in [5.74, 6) is -0.195. The van der Waals surface area contributed by atoms with Crippen molar-refractivity contribution >= 4 is 0 Å². The molecule has 2 atom stereocenters. The summed E-state index contributed by atoms with van der Waals surface area (Å²) in [4.78, 5) is 0. The number of phenolic OH excluding ortho intramolecular Hbond substituents is 1. The molecule has 0 heterocycles. The van der Waals surface area contributed by atoms with Gasteiger partial charge in [0, 0.05) is 18.2 Å². The highest BCUT2D eigenvalue weighted by atomic mass is 16.5. The largest absolute Gasteiger partial charge is 0.504 e. The van der Waals surface area contributed by atoms with Gasteiger partial charge in [0.2, 0.25) is 0 Å². The van der Waals surface area contributed by atoms with Crippen LogP contribution in [-0.2, 0) is 0 Å².